The van der Waals surface area contributed by atoms with Crippen LogP contribution >= 0.6 is 15.9 Å². The van der Waals surface area contributed by atoms with E-state index in [0.717, 1.165) is 22.9 Å². The molecule has 0 unspecified atom stereocenters. The zero-order valence-corrected chi connectivity index (χ0v) is 14.4. The highest BCUT2D eigenvalue weighted by Crippen LogP contribution is 2.32. The molecule has 1 aromatic carbocycles. The molecule has 21 heavy (non-hydrogen) atoms. The summed E-state index contributed by atoms with van der Waals surface area (Å²) in [6.07, 6.45) is 1.23. The average Bonchev–Trinajstić information content (AvgIpc) is 2.37. The van der Waals surface area contributed by atoms with Crippen LogP contribution in [0.1, 0.15) is 39.2 Å². The van der Waals surface area contributed by atoms with Gasteiger partial charge in [-0.15, -0.1) is 0 Å². The Bertz CT molecular complexity index is 517. The summed E-state index contributed by atoms with van der Waals surface area (Å²) in [5.41, 5.74) is 6.82. The topological polar surface area (TPSA) is 55.6 Å². The second kappa shape index (κ2) is 5.97. The highest BCUT2D eigenvalue weighted by atomic mass is 79.9. The van der Waals surface area contributed by atoms with Crippen LogP contribution in [0.3, 0.4) is 0 Å². The Hall–Kier alpha value is -1.07. The fourth-order valence-corrected chi connectivity index (χ4v) is 2.90. The minimum Gasteiger partial charge on any atom is -0.444 e. The minimum absolute atomic E-state index is 0.251. The Morgan fingerprint density at radius 2 is 1.95 bits per heavy atom. The standard InChI is InChI=1S/C16H23BrN2O2/c1-15(2,3)21-14(20)19-9-7-16(18,8-10-19)12-5-4-6-13(17)11-12/h4-6,11H,7-10,18H2,1-3H3. The number of amides is 1. The number of ether oxygens (including phenoxy) is 1. The third-order valence-corrected chi connectivity index (χ3v) is 4.20. The molecule has 2 rings (SSSR count). The minimum atomic E-state index is -0.460. The molecule has 5 heteroatoms. The van der Waals surface area contributed by atoms with Crippen molar-refractivity contribution in [3.63, 3.8) is 0 Å². The number of hydrogen-bond donors (Lipinski definition) is 1. The molecule has 1 aliphatic rings. The van der Waals surface area contributed by atoms with E-state index >= 15 is 0 Å². The van der Waals surface area contributed by atoms with Gasteiger partial charge in [0.25, 0.3) is 0 Å². The molecule has 0 radical (unpaired) electrons. The van der Waals surface area contributed by atoms with Crippen molar-refractivity contribution >= 4 is 22.0 Å². The Morgan fingerprint density at radius 3 is 2.48 bits per heavy atom. The fourth-order valence-electron chi connectivity index (χ4n) is 2.50. The predicted molar refractivity (Wildman–Crippen MR) is 87.0 cm³/mol. The van der Waals surface area contributed by atoms with Crippen LogP contribution in [0, 0.1) is 0 Å². The van der Waals surface area contributed by atoms with Crippen molar-refractivity contribution in [1.29, 1.82) is 0 Å². The van der Waals surface area contributed by atoms with Gasteiger partial charge in [-0.05, 0) is 51.3 Å². The number of likely N-dealkylation sites (tertiary alicyclic amines) is 1. The Morgan fingerprint density at radius 1 is 1.33 bits per heavy atom. The summed E-state index contributed by atoms with van der Waals surface area (Å²) >= 11 is 3.48. The van der Waals surface area contributed by atoms with Gasteiger partial charge < -0.3 is 15.4 Å². The van der Waals surface area contributed by atoms with Crippen molar-refractivity contribution < 1.29 is 9.53 Å². The van der Waals surface area contributed by atoms with E-state index in [-0.39, 0.29) is 11.6 Å². The van der Waals surface area contributed by atoms with E-state index in [2.05, 4.69) is 22.0 Å². The number of nitrogens with two attached hydrogens (primary N) is 1. The first-order valence-electron chi connectivity index (χ1n) is 7.22. The van der Waals surface area contributed by atoms with Crippen LogP contribution in [0.15, 0.2) is 28.7 Å². The molecule has 4 nitrogen and oxygen atoms in total. The zero-order chi connectivity index (χ0) is 15.7. The van der Waals surface area contributed by atoms with Gasteiger partial charge in [0.05, 0.1) is 0 Å². The van der Waals surface area contributed by atoms with Crippen LogP contribution in [0.2, 0.25) is 0 Å². The van der Waals surface area contributed by atoms with Gasteiger partial charge in [0.1, 0.15) is 5.60 Å². The van der Waals surface area contributed by atoms with E-state index in [4.69, 9.17) is 10.5 Å². The van der Waals surface area contributed by atoms with E-state index in [1.165, 1.54) is 0 Å². The zero-order valence-electron chi connectivity index (χ0n) is 12.9. The maximum Gasteiger partial charge on any atom is 0.410 e. The summed E-state index contributed by atoms with van der Waals surface area (Å²) in [6.45, 7) is 6.88. The van der Waals surface area contributed by atoms with Gasteiger partial charge in [-0.3, -0.25) is 0 Å². The van der Waals surface area contributed by atoms with Gasteiger partial charge >= 0.3 is 6.09 Å². The molecule has 1 aliphatic heterocycles. The lowest BCUT2D eigenvalue weighted by atomic mass is 9.82. The number of halogens is 1. The van der Waals surface area contributed by atoms with Crippen molar-refractivity contribution in [2.75, 3.05) is 13.1 Å². The van der Waals surface area contributed by atoms with Crippen LogP contribution < -0.4 is 5.73 Å². The van der Waals surface area contributed by atoms with Crippen molar-refractivity contribution in [3.8, 4) is 0 Å². The van der Waals surface area contributed by atoms with E-state index in [1.54, 1.807) is 4.90 Å². The van der Waals surface area contributed by atoms with E-state index in [9.17, 15) is 4.79 Å². The lowest BCUT2D eigenvalue weighted by molar-refractivity contribution is 0.0166. The Labute approximate surface area is 134 Å². The molecule has 0 saturated carbocycles. The van der Waals surface area contributed by atoms with Gasteiger partial charge in [-0.1, -0.05) is 28.1 Å². The molecular formula is C16H23BrN2O2. The molecule has 0 aromatic heterocycles. The van der Waals surface area contributed by atoms with Gasteiger partial charge in [0.15, 0.2) is 0 Å². The summed E-state index contributed by atoms with van der Waals surface area (Å²) < 4.78 is 6.44. The number of rotatable bonds is 1. The van der Waals surface area contributed by atoms with Crippen molar-refractivity contribution in [2.24, 2.45) is 5.73 Å². The maximum absolute atomic E-state index is 12.1. The molecule has 0 bridgehead atoms. The van der Waals surface area contributed by atoms with Gasteiger partial charge in [0, 0.05) is 23.1 Å². The molecule has 2 N–H and O–H groups in total. The van der Waals surface area contributed by atoms with Crippen LogP contribution in [-0.4, -0.2) is 29.7 Å². The largest absolute Gasteiger partial charge is 0.444 e. The van der Waals surface area contributed by atoms with Gasteiger partial charge in [-0.25, -0.2) is 4.79 Å². The van der Waals surface area contributed by atoms with E-state index in [0.29, 0.717) is 13.1 Å². The van der Waals surface area contributed by atoms with E-state index < -0.39 is 5.60 Å². The number of piperidine rings is 1. The first kappa shape index (κ1) is 16.3. The third-order valence-electron chi connectivity index (χ3n) is 3.71. The summed E-state index contributed by atoms with van der Waals surface area (Å²) in [6, 6.07) is 8.09. The number of benzene rings is 1. The number of nitrogens with zero attached hydrogens (tertiary/aromatic N) is 1. The molecule has 0 atom stereocenters. The molecule has 0 aliphatic carbocycles. The smallest absolute Gasteiger partial charge is 0.410 e. The molecule has 1 heterocycles. The maximum atomic E-state index is 12.1. The normalized spacial score (nSPS) is 18.4. The number of carbonyl (C=O) groups is 1. The Kier molecular flexibility index (Phi) is 4.63. The molecular weight excluding hydrogens is 332 g/mol. The van der Waals surface area contributed by atoms with Crippen LogP contribution in [-0.2, 0) is 10.3 Å². The summed E-state index contributed by atoms with van der Waals surface area (Å²) in [5, 5.41) is 0. The average molecular weight is 355 g/mol. The monoisotopic (exact) mass is 354 g/mol. The quantitative estimate of drug-likeness (QED) is 0.837. The summed E-state index contributed by atoms with van der Waals surface area (Å²) in [7, 11) is 0. The molecule has 1 amide bonds. The SMILES string of the molecule is CC(C)(C)OC(=O)N1CCC(N)(c2cccc(Br)c2)CC1. The third kappa shape index (κ3) is 4.20. The highest BCUT2D eigenvalue weighted by Gasteiger charge is 2.35. The van der Waals surface area contributed by atoms with Crippen LogP contribution in [0.4, 0.5) is 4.79 Å². The predicted octanol–water partition coefficient (Wildman–Crippen LogP) is 3.63. The Balaban J connectivity index is 2.01. The lowest BCUT2D eigenvalue weighted by Gasteiger charge is -2.40. The molecule has 1 saturated heterocycles. The first-order chi connectivity index (χ1) is 9.70. The lowest BCUT2D eigenvalue weighted by Crippen LogP contribution is -2.50. The number of carbonyl (C=O) groups excluding carboxylic acids is 1. The van der Waals surface area contributed by atoms with Crippen molar-refractivity contribution in [2.45, 2.75) is 44.8 Å². The molecule has 0 spiro atoms. The van der Waals surface area contributed by atoms with Crippen molar-refractivity contribution in [3.05, 3.63) is 34.3 Å². The summed E-state index contributed by atoms with van der Waals surface area (Å²) in [4.78, 5) is 13.8. The number of hydrogen-bond acceptors (Lipinski definition) is 3. The van der Waals surface area contributed by atoms with Crippen LogP contribution in [0.5, 0.6) is 0 Å². The molecule has 1 aromatic rings. The second-order valence-electron chi connectivity index (χ2n) is 6.63. The van der Waals surface area contributed by atoms with Gasteiger partial charge in [-0.2, -0.15) is 0 Å². The molecule has 1 fully saturated rings. The summed E-state index contributed by atoms with van der Waals surface area (Å²) in [5.74, 6) is 0. The molecule has 116 valence electrons. The highest BCUT2D eigenvalue weighted by molar-refractivity contribution is 9.10. The van der Waals surface area contributed by atoms with E-state index in [1.807, 2.05) is 39.0 Å². The second-order valence-corrected chi connectivity index (χ2v) is 7.55. The fraction of sp³-hybridized carbons (Fsp3) is 0.562. The van der Waals surface area contributed by atoms with Crippen molar-refractivity contribution in [1.82, 2.24) is 4.90 Å². The first-order valence-corrected chi connectivity index (χ1v) is 8.02. The van der Waals surface area contributed by atoms with Gasteiger partial charge in [0.2, 0.25) is 0 Å². The van der Waals surface area contributed by atoms with Crippen LogP contribution in [0.25, 0.3) is 0 Å².